The molecule has 0 saturated carbocycles. The van der Waals surface area contributed by atoms with E-state index in [9.17, 15) is 4.79 Å². The average molecular weight is 310 g/mol. The van der Waals surface area contributed by atoms with Crippen molar-refractivity contribution in [1.29, 1.82) is 0 Å². The van der Waals surface area contributed by atoms with Gasteiger partial charge in [-0.1, -0.05) is 29.3 Å². The number of ether oxygens (including phenoxy) is 1. The summed E-state index contributed by atoms with van der Waals surface area (Å²) >= 11 is 11.7. The van der Waals surface area contributed by atoms with Gasteiger partial charge in [0, 0.05) is 5.56 Å². The lowest BCUT2D eigenvalue weighted by atomic mass is 10.1. The smallest absolute Gasteiger partial charge is 0.200 e. The number of ketones is 1. The fourth-order valence-electron chi connectivity index (χ4n) is 1.70. The van der Waals surface area contributed by atoms with Crippen LogP contribution in [0.2, 0.25) is 10.0 Å². The molecule has 0 atom stereocenters. The van der Waals surface area contributed by atoms with Crippen molar-refractivity contribution in [2.24, 2.45) is 0 Å². The van der Waals surface area contributed by atoms with E-state index in [0.717, 1.165) is 5.56 Å². The minimum absolute atomic E-state index is 0.106. The molecule has 0 unspecified atom stereocenters. The van der Waals surface area contributed by atoms with Gasteiger partial charge in [0.2, 0.25) is 0 Å². The van der Waals surface area contributed by atoms with Gasteiger partial charge in [-0.2, -0.15) is 0 Å². The molecule has 0 aliphatic rings. The first kappa shape index (κ1) is 14.7. The highest BCUT2D eigenvalue weighted by Crippen LogP contribution is 2.24. The first-order valence-electron chi connectivity index (χ1n) is 5.94. The molecule has 0 bridgehead atoms. The molecule has 20 heavy (non-hydrogen) atoms. The molecule has 5 heteroatoms. The van der Waals surface area contributed by atoms with E-state index in [1.807, 2.05) is 13.0 Å². The van der Waals surface area contributed by atoms with Crippen LogP contribution in [0.3, 0.4) is 0 Å². The van der Waals surface area contributed by atoms with Crippen molar-refractivity contribution in [2.45, 2.75) is 6.92 Å². The van der Waals surface area contributed by atoms with Crippen molar-refractivity contribution in [2.75, 3.05) is 12.3 Å². The van der Waals surface area contributed by atoms with Gasteiger partial charge in [-0.25, -0.2) is 0 Å². The molecule has 2 aromatic carbocycles. The zero-order valence-electron chi connectivity index (χ0n) is 10.8. The summed E-state index contributed by atoms with van der Waals surface area (Å²) in [4.78, 5) is 12.0. The molecule has 3 nitrogen and oxygen atoms in total. The number of aryl methyl sites for hydroxylation is 1. The molecule has 2 N–H and O–H groups in total. The highest BCUT2D eigenvalue weighted by atomic mass is 35.5. The number of hydrogen-bond acceptors (Lipinski definition) is 3. The Labute approximate surface area is 127 Å². The summed E-state index contributed by atoms with van der Waals surface area (Å²) in [6.45, 7) is 1.83. The summed E-state index contributed by atoms with van der Waals surface area (Å²) in [6, 6.07) is 10.1. The van der Waals surface area contributed by atoms with E-state index >= 15 is 0 Å². The molecular formula is C15H13Cl2NO2. The van der Waals surface area contributed by atoms with Crippen LogP contribution in [0.4, 0.5) is 5.69 Å². The Balaban J connectivity index is 2.06. The third-order valence-corrected chi connectivity index (χ3v) is 3.50. The number of carbonyl (C=O) groups is 1. The van der Waals surface area contributed by atoms with Crippen molar-refractivity contribution < 1.29 is 9.53 Å². The standard InChI is InChI=1S/C15H13Cl2NO2/c1-9-2-5-15(13(18)6-9)20-8-14(19)10-3-4-11(16)12(17)7-10/h2-7H,8,18H2,1H3. The summed E-state index contributed by atoms with van der Waals surface area (Å²) in [5.41, 5.74) is 7.80. The second-order valence-electron chi connectivity index (χ2n) is 4.38. The lowest BCUT2D eigenvalue weighted by Crippen LogP contribution is -2.12. The molecule has 2 aromatic rings. The molecule has 0 saturated heterocycles. The Hall–Kier alpha value is -1.71. The van der Waals surface area contributed by atoms with Crippen LogP contribution in [0, 0.1) is 6.92 Å². The third-order valence-electron chi connectivity index (χ3n) is 2.77. The number of hydrogen-bond donors (Lipinski definition) is 1. The van der Waals surface area contributed by atoms with Gasteiger partial charge in [0.25, 0.3) is 0 Å². The predicted octanol–water partition coefficient (Wildman–Crippen LogP) is 4.15. The maximum Gasteiger partial charge on any atom is 0.200 e. The fraction of sp³-hybridized carbons (Fsp3) is 0.133. The lowest BCUT2D eigenvalue weighted by molar-refractivity contribution is 0.0922. The van der Waals surface area contributed by atoms with Crippen molar-refractivity contribution in [3.63, 3.8) is 0 Å². The molecule has 0 radical (unpaired) electrons. The second kappa shape index (κ2) is 6.16. The molecule has 0 aliphatic heterocycles. The summed E-state index contributed by atoms with van der Waals surface area (Å²) in [5, 5.41) is 0.749. The van der Waals surface area contributed by atoms with Crippen LogP contribution in [0.1, 0.15) is 15.9 Å². The fourth-order valence-corrected chi connectivity index (χ4v) is 1.99. The molecule has 0 heterocycles. The van der Waals surface area contributed by atoms with E-state index in [2.05, 4.69) is 0 Å². The molecule has 104 valence electrons. The van der Waals surface area contributed by atoms with Crippen LogP contribution < -0.4 is 10.5 Å². The normalized spacial score (nSPS) is 10.3. The molecule has 2 rings (SSSR count). The van der Waals surface area contributed by atoms with Crippen molar-refractivity contribution in [3.05, 3.63) is 57.6 Å². The number of Topliss-reactive ketones (excluding diaryl/α,β-unsaturated/α-hetero) is 1. The van der Waals surface area contributed by atoms with Gasteiger partial charge in [-0.15, -0.1) is 0 Å². The zero-order chi connectivity index (χ0) is 14.7. The quantitative estimate of drug-likeness (QED) is 0.682. The first-order valence-corrected chi connectivity index (χ1v) is 6.70. The van der Waals surface area contributed by atoms with Crippen LogP contribution in [0.15, 0.2) is 36.4 Å². The average Bonchev–Trinajstić information content (AvgIpc) is 2.40. The molecular weight excluding hydrogens is 297 g/mol. The number of nitrogen functional groups attached to an aromatic ring is 1. The number of benzene rings is 2. The van der Waals surface area contributed by atoms with Gasteiger partial charge in [-0.3, -0.25) is 4.79 Å². The van der Waals surface area contributed by atoms with Crippen LogP contribution in [0.5, 0.6) is 5.75 Å². The molecule has 0 aromatic heterocycles. The van der Waals surface area contributed by atoms with Gasteiger partial charge >= 0.3 is 0 Å². The number of anilines is 1. The Morgan fingerprint density at radius 1 is 1.15 bits per heavy atom. The van der Waals surface area contributed by atoms with Crippen molar-refractivity contribution in [1.82, 2.24) is 0 Å². The van der Waals surface area contributed by atoms with E-state index < -0.39 is 0 Å². The van der Waals surface area contributed by atoms with Crippen LogP contribution >= 0.6 is 23.2 Å². The second-order valence-corrected chi connectivity index (χ2v) is 5.20. The maximum absolute atomic E-state index is 12.0. The van der Waals surface area contributed by atoms with E-state index in [0.29, 0.717) is 27.0 Å². The highest BCUT2D eigenvalue weighted by Gasteiger charge is 2.10. The lowest BCUT2D eigenvalue weighted by Gasteiger charge is -2.09. The van der Waals surface area contributed by atoms with Crippen molar-refractivity contribution >= 4 is 34.7 Å². The Morgan fingerprint density at radius 3 is 2.55 bits per heavy atom. The summed E-state index contributed by atoms with van der Waals surface area (Å²) in [6.07, 6.45) is 0. The largest absolute Gasteiger partial charge is 0.483 e. The number of nitrogens with two attached hydrogens (primary N) is 1. The minimum Gasteiger partial charge on any atom is -0.483 e. The highest BCUT2D eigenvalue weighted by molar-refractivity contribution is 6.42. The Morgan fingerprint density at radius 2 is 1.90 bits per heavy atom. The van der Waals surface area contributed by atoms with Gasteiger partial charge in [0.1, 0.15) is 5.75 Å². The molecule has 0 fully saturated rings. The number of carbonyl (C=O) groups excluding carboxylic acids is 1. The predicted molar refractivity (Wildman–Crippen MR) is 81.9 cm³/mol. The molecule has 0 aliphatic carbocycles. The van der Waals surface area contributed by atoms with Crippen LogP contribution in [0.25, 0.3) is 0 Å². The summed E-state index contributed by atoms with van der Waals surface area (Å²) in [5.74, 6) is 0.299. The SMILES string of the molecule is Cc1ccc(OCC(=O)c2ccc(Cl)c(Cl)c2)c(N)c1. The van der Waals surface area contributed by atoms with Gasteiger partial charge in [0.05, 0.1) is 15.7 Å². The van der Waals surface area contributed by atoms with Gasteiger partial charge < -0.3 is 10.5 Å². The summed E-state index contributed by atoms with van der Waals surface area (Å²) in [7, 11) is 0. The summed E-state index contributed by atoms with van der Waals surface area (Å²) < 4.78 is 5.43. The van der Waals surface area contributed by atoms with E-state index in [-0.39, 0.29) is 12.4 Å². The van der Waals surface area contributed by atoms with E-state index in [1.165, 1.54) is 6.07 Å². The number of halogens is 2. The van der Waals surface area contributed by atoms with Gasteiger partial charge in [0.15, 0.2) is 12.4 Å². The minimum atomic E-state index is -0.191. The first-order chi connectivity index (χ1) is 9.47. The Kier molecular flexibility index (Phi) is 4.53. The zero-order valence-corrected chi connectivity index (χ0v) is 12.3. The van der Waals surface area contributed by atoms with Crippen molar-refractivity contribution in [3.8, 4) is 5.75 Å². The topological polar surface area (TPSA) is 52.3 Å². The Bertz CT molecular complexity index is 656. The molecule has 0 amide bonds. The van der Waals surface area contributed by atoms with E-state index in [1.54, 1.807) is 24.3 Å². The monoisotopic (exact) mass is 309 g/mol. The number of rotatable bonds is 4. The van der Waals surface area contributed by atoms with Crippen LogP contribution in [-0.4, -0.2) is 12.4 Å². The molecule has 0 spiro atoms. The maximum atomic E-state index is 12.0. The van der Waals surface area contributed by atoms with E-state index in [4.69, 9.17) is 33.7 Å². The van der Waals surface area contributed by atoms with Crippen LogP contribution in [-0.2, 0) is 0 Å². The third kappa shape index (κ3) is 3.44. The van der Waals surface area contributed by atoms with Gasteiger partial charge in [-0.05, 0) is 42.8 Å².